The molecule has 0 heterocycles. The largest absolute Gasteiger partial charge is 0.365 e. The second kappa shape index (κ2) is 4.91. The summed E-state index contributed by atoms with van der Waals surface area (Å²) in [5, 5.41) is 21.1. The Morgan fingerprint density at radius 2 is 2.09 bits per heavy atom. The first-order valence-corrected chi connectivity index (χ1v) is 9.16. The van der Waals surface area contributed by atoms with Gasteiger partial charge in [-0.15, -0.1) is 0 Å². The second-order valence-electron chi connectivity index (χ2n) is 8.16. The van der Waals surface area contributed by atoms with E-state index >= 15 is 0 Å². The highest BCUT2D eigenvalue weighted by Gasteiger charge is 2.65. The molecule has 0 saturated heterocycles. The third kappa shape index (κ3) is 1.78. The molecule has 5 unspecified atom stereocenters. The van der Waals surface area contributed by atoms with E-state index in [1.807, 2.05) is 6.92 Å². The van der Waals surface area contributed by atoms with Crippen molar-refractivity contribution in [2.75, 3.05) is 0 Å². The van der Waals surface area contributed by atoms with Crippen LogP contribution in [-0.2, 0) is 4.79 Å². The molecule has 5 atom stereocenters. The lowest BCUT2D eigenvalue weighted by molar-refractivity contribution is -0.249. The van der Waals surface area contributed by atoms with Gasteiger partial charge in [0.05, 0.1) is 0 Å². The van der Waals surface area contributed by atoms with Crippen molar-refractivity contribution in [3.05, 3.63) is 11.6 Å². The van der Waals surface area contributed by atoms with Gasteiger partial charge in [-0.05, 0) is 62.7 Å². The van der Waals surface area contributed by atoms with E-state index in [0.717, 1.165) is 25.7 Å². The van der Waals surface area contributed by atoms with Gasteiger partial charge in [-0.25, -0.2) is 0 Å². The lowest BCUT2D eigenvalue weighted by Gasteiger charge is -2.54. The van der Waals surface area contributed by atoms with Crippen molar-refractivity contribution in [3.8, 4) is 0 Å². The summed E-state index contributed by atoms with van der Waals surface area (Å²) in [6.07, 6.45) is 10.5. The summed E-state index contributed by atoms with van der Waals surface area (Å²) in [6.45, 7) is 2.03. The molecule has 3 heteroatoms. The van der Waals surface area contributed by atoms with Gasteiger partial charge in [0.15, 0.2) is 5.79 Å². The highest BCUT2D eigenvalue weighted by Crippen LogP contribution is 2.64. The van der Waals surface area contributed by atoms with E-state index in [0.29, 0.717) is 42.8 Å². The van der Waals surface area contributed by atoms with E-state index in [2.05, 4.69) is 6.08 Å². The Morgan fingerprint density at radius 1 is 1.27 bits per heavy atom. The van der Waals surface area contributed by atoms with Crippen LogP contribution in [0.4, 0.5) is 0 Å². The Bertz CT molecular complexity index is 521. The van der Waals surface area contributed by atoms with E-state index in [1.54, 1.807) is 0 Å². The summed E-state index contributed by atoms with van der Waals surface area (Å²) in [4.78, 5) is 13.0. The Hall–Kier alpha value is -0.670. The third-order valence-corrected chi connectivity index (χ3v) is 7.58. The molecule has 2 N–H and O–H groups in total. The van der Waals surface area contributed by atoms with Crippen molar-refractivity contribution >= 4 is 5.78 Å². The molecule has 0 spiro atoms. The maximum Gasteiger partial charge on any atom is 0.168 e. The summed E-state index contributed by atoms with van der Waals surface area (Å²) < 4.78 is 0. The van der Waals surface area contributed by atoms with Crippen LogP contribution >= 0.6 is 0 Å². The van der Waals surface area contributed by atoms with E-state index in [9.17, 15) is 15.0 Å². The standard InChI is InChI=1S/C19H28O3/c1-2-18-11-16(20)17-13-6-4-3-5-12(13)7-8-14(17)15(18)9-10-19(18,21)22/h5,13-15,17,21-22H,2-4,6-11H2,1H3. The monoisotopic (exact) mass is 304 g/mol. The number of ketones is 1. The fourth-order valence-corrected chi connectivity index (χ4v) is 6.56. The van der Waals surface area contributed by atoms with Crippen molar-refractivity contribution in [2.24, 2.45) is 29.1 Å². The zero-order valence-electron chi connectivity index (χ0n) is 13.6. The van der Waals surface area contributed by atoms with Gasteiger partial charge in [0.1, 0.15) is 5.78 Å². The molecule has 122 valence electrons. The summed E-state index contributed by atoms with van der Waals surface area (Å²) in [5.74, 6) is -0.00665. The fraction of sp³-hybridized carbons (Fsp3) is 0.842. The summed E-state index contributed by atoms with van der Waals surface area (Å²) >= 11 is 0. The van der Waals surface area contributed by atoms with Gasteiger partial charge in [0.25, 0.3) is 0 Å². The maximum atomic E-state index is 13.0. The average molecular weight is 304 g/mol. The summed E-state index contributed by atoms with van der Waals surface area (Å²) in [5.41, 5.74) is 0.948. The number of allylic oxidation sites excluding steroid dienone is 2. The minimum atomic E-state index is -1.64. The van der Waals surface area contributed by atoms with Gasteiger partial charge < -0.3 is 10.2 Å². The number of rotatable bonds is 1. The van der Waals surface area contributed by atoms with Crippen LogP contribution in [0.5, 0.6) is 0 Å². The van der Waals surface area contributed by atoms with Crippen molar-refractivity contribution in [3.63, 3.8) is 0 Å². The Balaban J connectivity index is 1.73. The quantitative estimate of drug-likeness (QED) is 0.578. The Morgan fingerprint density at radius 3 is 2.86 bits per heavy atom. The van der Waals surface area contributed by atoms with E-state index < -0.39 is 11.2 Å². The predicted octanol–water partition coefficient (Wildman–Crippen LogP) is 3.20. The van der Waals surface area contributed by atoms with Crippen molar-refractivity contribution in [1.29, 1.82) is 0 Å². The molecule has 3 saturated carbocycles. The molecule has 4 rings (SSSR count). The fourth-order valence-electron chi connectivity index (χ4n) is 6.56. The van der Waals surface area contributed by atoms with Gasteiger partial charge in [-0.2, -0.15) is 0 Å². The van der Waals surface area contributed by atoms with Gasteiger partial charge in [0, 0.05) is 24.2 Å². The number of aliphatic hydroxyl groups is 2. The van der Waals surface area contributed by atoms with Crippen LogP contribution in [0.3, 0.4) is 0 Å². The summed E-state index contributed by atoms with van der Waals surface area (Å²) in [7, 11) is 0. The number of fused-ring (bicyclic) bond motifs is 5. The van der Waals surface area contributed by atoms with Crippen LogP contribution in [-0.4, -0.2) is 21.8 Å². The van der Waals surface area contributed by atoms with E-state index in [4.69, 9.17) is 0 Å². The first-order chi connectivity index (χ1) is 10.5. The Kier molecular flexibility index (Phi) is 3.32. The first-order valence-electron chi connectivity index (χ1n) is 9.16. The zero-order valence-corrected chi connectivity index (χ0v) is 13.6. The molecule has 4 aliphatic carbocycles. The number of hydrogen-bond donors (Lipinski definition) is 2. The normalized spacial score (nSPS) is 46.5. The number of carbonyl (C=O) groups excluding carboxylic acids is 1. The molecule has 0 radical (unpaired) electrons. The van der Waals surface area contributed by atoms with Crippen LogP contribution in [0, 0.1) is 29.1 Å². The van der Waals surface area contributed by atoms with Crippen molar-refractivity contribution in [2.45, 2.75) is 70.5 Å². The number of hydrogen-bond acceptors (Lipinski definition) is 3. The van der Waals surface area contributed by atoms with Gasteiger partial charge >= 0.3 is 0 Å². The van der Waals surface area contributed by atoms with Crippen LogP contribution in [0.25, 0.3) is 0 Å². The molecule has 0 amide bonds. The molecular formula is C19H28O3. The lowest BCUT2D eigenvalue weighted by Crippen LogP contribution is -2.57. The molecule has 0 aliphatic heterocycles. The molecular weight excluding hydrogens is 276 g/mol. The number of carbonyl (C=O) groups is 1. The van der Waals surface area contributed by atoms with Crippen molar-refractivity contribution < 1.29 is 15.0 Å². The highest BCUT2D eigenvalue weighted by molar-refractivity contribution is 5.84. The SMILES string of the molecule is CCC12CC(=O)C3C4CCCC=C4CCC3C1CCC2(O)O. The van der Waals surface area contributed by atoms with E-state index in [1.165, 1.54) is 18.4 Å². The lowest BCUT2D eigenvalue weighted by atomic mass is 9.50. The molecule has 0 aromatic heterocycles. The topological polar surface area (TPSA) is 57.5 Å². The third-order valence-electron chi connectivity index (χ3n) is 7.58. The van der Waals surface area contributed by atoms with Crippen LogP contribution in [0.2, 0.25) is 0 Å². The van der Waals surface area contributed by atoms with Gasteiger partial charge in [0.2, 0.25) is 0 Å². The Labute approximate surface area is 132 Å². The smallest absolute Gasteiger partial charge is 0.168 e. The minimum Gasteiger partial charge on any atom is -0.365 e. The average Bonchev–Trinajstić information content (AvgIpc) is 2.78. The maximum absolute atomic E-state index is 13.0. The highest BCUT2D eigenvalue weighted by atomic mass is 16.5. The second-order valence-corrected chi connectivity index (χ2v) is 8.16. The molecule has 0 bridgehead atoms. The minimum absolute atomic E-state index is 0.166. The van der Waals surface area contributed by atoms with Gasteiger partial charge in [-0.3, -0.25) is 4.79 Å². The molecule has 4 aliphatic rings. The molecule has 0 aromatic rings. The zero-order chi connectivity index (χ0) is 15.5. The molecule has 22 heavy (non-hydrogen) atoms. The molecule has 0 aromatic carbocycles. The van der Waals surface area contributed by atoms with Crippen LogP contribution in [0.1, 0.15) is 64.7 Å². The first kappa shape index (κ1) is 14.9. The summed E-state index contributed by atoms with van der Waals surface area (Å²) in [6, 6.07) is 0. The molecule has 3 nitrogen and oxygen atoms in total. The predicted molar refractivity (Wildman–Crippen MR) is 83.9 cm³/mol. The van der Waals surface area contributed by atoms with Crippen molar-refractivity contribution in [1.82, 2.24) is 0 Å². The van der Waals surface area contributed by atoms with Gasteiger partial charge in [-0.1, -0.05) is 18.6 Å². The number of Topliss-reactive ketones (excluding diaryl/α,β-unsaturated/α-hetero) is 1. The van der Waals surface area contributed by atoms with E-state index in [-0.39, 0.29) is 5.92 Å². The van der Waals surface area contributed by atoms with Crippen LogP contribution in [0.15, 0.2) is 11.6 Å². The van der Waals surface area contributed by atoms with Crippen LogP contribution < -0.4 is 0 Å². The molecule has 3 fully saturated rings.